The van der Waals surface area contributed by atoms with Crippen LogP contribution in [0.4, 0.5) is 0 Å². The molecule has 0 N–H and O–H groups in total. The SMILES string of the molecule is Cn1c(=O)c2c(nc(CN3CCCCC3)n2CCN2CCOCC2)n(C)c1=O. The Labute approximate surface area is 164 Å². The Hall–Kier alpha value is -1.97. The highest BCUT2D eigenvalue weighted by Gasteiger charge is 2.22. The monoisotopic (exact) mass is 390 g/mol. The molecule has 0 spiro atoms. The number of piperidine rings is 1. The molecule has 2 aromatic rings. The standard InChI is InChI=1S/C19H30N6O3/c1-21-17-16(18(26)22(2)19(21)27)25(9-8-23-10-12-28-13-11-23)15(20-17)14-24-6-4-3-5-7-24/h3-14H2,1-2H3. The fourth-order valence-corrected chi connectivity index (χ4v) is 4.24. The third-order valence-corrected chi connectivity index (χ3v) is 5.98. The molecule has 2 aliphatic heterocycles. The van der Waals surface area contributed by atoms with Gasteiger partial charge in [0.25, 0.3) is 5.56 Å². The van der Waals surface area contributed by atoms with Gasteiger partial charge in [-0.3, -0.25) is 23.7 Å². The summed E-state index contributed by atoms with van der Waals surface area (Å²) < 4.78 is 10.1. The number of nitrogens with zero attached hydrogens (tertiary/aromatic N) is 6. The van der Waals surface area contributed by atoms with Crippen LogP contribution in [-0.4, -0.2) is 74.4 Å². The van der Waals surface area contributed by atoms with Crippen molar-refractivity contribution in [3.05, 3.63) is 26.7 Å². The molecule has 154 valence electrons. The maximum atomic E-state index is 12.9. The number of hydrogen-bond acceptors (Lipinski definition) is 6. The second-order valence-electron chi connectivity index (χ2n) is 7.85. The molecule has 2 fully saturated rings. The first kappa shape index (κ1) is 19.4. The van der Waals surface area contributed by atoms with Crippen molar-refractivity contribution < 1.29 is 4.74 Å². The first-order chi connectivity index (χ1) is 13.6. The van der Waals surface area contributed by atoms with E-state index in [0.29, 0.717) is 17.7 Å². The van der Waals surface area contributed by atoms with E-state index in [1.54, 1.807) is 7.05 Å². The van der Waals surface area contributed by atoms with Crippen LogP contribution in [0.15, 0.2) is 9.59 Å². The summed E-state index contributed by atoms with van der Waals surface area (Å²) in [6, 6.07) is 0. The van der Waals surface area contributed by atoms with Gasteiger partial charge in [0.2, 0.25) is 0 Å². The van der Waals surface area contributed by atoms with Gasteiger partial charge in [-0.25, -0.2) is 9.78 Å². The summed E-state index contributed by atoms with van der Waals surface area (Å²) in [5, 5.41) is 0. The molecule has 9 nitrogen and oxygen atoms in total. The highest BCUT2D eigenvalue weighted by atomic mass is 16.5. The fourth-order valence-electron chi connectivity index (χ4n) is 4.24. The van der Waals surface area contributed by atoms with Gasteiger partial charge < -0.3 is 9.30 Å². The number of rotatable bonds is 5. The lowest BCUT2D eigenvalue weighted by Crippen LogP contribution is -2.40. The lowest BCUT2D eigenvalue weighted by molar-refractivity contribution is 0.0363. The van der Waals surface area contributed by atoms with E-state index in [0.717, 1.165) is 58.3 Å². The minimum atomic E-state index is -0.333. The van der Waals surface area contributed by atoms with Crippen LogP contribution < -0.4 is 11.2 Å². The fraction of sp³-hybridized carbons (Fsp3) is 0.737. The first-order valence-corrected chi connectivity index (χ1v) is 10.2. The normalized spacial score (nSPS) is 19.5. The topological polar surface area (TPSA) is 77.5 Å². The van der Waals surface area contributed by atoms with Crippen LogP contribution in [0, 0.1) is 0 Å². The zero-order valence-electron chi connectivity index (χ0n) is 16.9. The first-order valence-electron chi connectivity index (χ1n) is 10.2. The van der Waals surface area contributed by atoms with E-state index in [4.69, 9.17) is 9.72 Å². The van der Waals surface area contributed by atoms with Crippen molar-refractivity contribution in [3.63, 3.8) is 0 Å². The van der Waals surface area contributed by atoms with Crippen LogP contribution in [0.1, 0.15) is 25.1 Å². The maximum absolute atomic E-state index is 12.9. The van der Waals surface area contributed by atoms with Crippen LogP contribution in [0.2, 0.25) is 0 Å². The molecule has 4 heterocycles. The lowest BCUT2D eigenvalue weighted by Gasteiger charge is -2.28. The molecular weight excluding hydrogens is 360 g/mol. The molecule has 2 aromatic heterocycles. The van der Waals surface area contributed by atoms with Crippen LogP contribution in [0.3, 0.4) is 0 Å². The molecule has 2 saturated heterocycles. The van der Waals surface area contributed by atoms with E-state index in [-0.39, 0.29) is 11.2 Å². The van der Waals surface area contributed by atoms with Gasteiger partial charge in [-0.1, -0.05) is 6.42 Å². The number of hydrogen-bond donors (Lipinski definition) is 0. The smallest absolute Gasteiger partial charge is 0.332 e. The van der Waals surface area contributed by atoms with Gasteiger partial charge in [-0.05, 0) is 25.9 Å². The molecule has 9 heteroatoms. The Morgan fingerprint density at radius 1 is 0.893 bits per heavy atom. The Balaban J connectivity index is 1.72. The molecular formula is C19H30N6O3. The predicted molar refractivity (Wildman–Crippen MR) is 107 cm³/mol. The van der Waals surface area contributed by atoms with Crippen molar-refractivity contribution >= 4 is 11.2 Å². The Morgan fingerprint density at radius 3 is 2.32 bits per heavy atom. The molecule has 0 aromatic carbocycles. The number of fused-ring (bicyclic) bond motifs is 1. The van der Waals surface area contributed by atoms with Gasteiger partial charge in [-0.15, -0.1) is 0 Å². The highest BCUT2D eigenvalue weighted by Crippen LogP contribution is 2.17. The van der Waals surface area contributed by atoms with E-state index in [1.165, 1.54) is 35.4 Å². The van der Waals surface area contributed by atoms with Crippen molar-refractivity contribution in [1.82, 2.24) is 28.5 Å². The van der Waals surface area contributed by atoms with Gasteiger partial charge in [0, 0.05) is 40.3 Å². The van der Waals surface area contributed by atoms with Gasteiger partial charge in [0.1, 0.15) is 5.82 Å². The molecule has 0 aliphatic carbocycles. The molecule has 4 rings (SSSR count). The zero-order chi connectivity index (χ0) is 19.7. The number of aromatic nitrogens is 4. The summed E-state index contributed by atoms with van der Waals surface area (Å²) in [6.07, 6.45) is 3.68. The molecule has 0 saturated carbocycles. The second-order valence-corrected chi connectivity index (χ2v) is 7.85. The Kier molecular flexibility index (Phi) is 5.65. The zero-order valence-corrected chi connectivity index (χ0v) is 16.9. The van der Waals surface area contributed by atoms with Crippen LogP contribution in [0.5, 0.6) is 0 Å². The predicted octanol–water partition coefficient (Wildman–Crippen LogP) is -0.248. The van der Waals surface area contributed by atoms with E-state index in [1.807, 2.05) is 4.57 Å². The van der Waals surface area contributed by atoms with E-state index in [2.05, 4.69) is 9.80 Å². The van der Waals surface area contributed by atoms with Crippen molar-refractivity contribution in [1.29, 1.82) is 0 Å². The van der Waals surface area contributed by atoms with Crippen molar-refractivity contribution in [2.24, 2.45) is 14.1 Å². The Morgan fingerprint density at radius 2 is 1.61 bits per heavy atom. The van der Waals surface area contributed by atoms with Crippen LogP contribution in [-0.2, 0) is 31.9 Å². The third kappa shape index (κ3) is 3.66. The largest absolute Gasteiger partial charge is 0.379 e. The summed E-state index contributed by atoms with van der Waals surface area (Å²) in [4.78, 5) is 34.8. The molecule has 0 atom stereocenters. The number of imidazole rings is 1. The molecule has 0 bridgehead atoms. The van der Waals surface area contributed by atoms with Crippen LogP contribution in [0.25, 0.3) is 11.2 Å². The third-order valence-electron chi connectivity index (χ3n) is 5.98. The van der Waals surface area contributed by atoms with E-state index < -0.39 is 0 Å². The summed E-state index contributed by atoms with van der Waals surface area (Å²) in [5.41, 5.74) is 0.421. The highest BCUT2D eigenvalue weighted by molar-refractivity contribution is 5.71. The van der Waals surface area contributed by atoms with E-state index >= 15 is 0 Å². The minimum Gasteiger partial charge on any atom is -0.379 e. The molecule has 2 aliphatic rings. The number of morpholine rings is 1. The second kappa shape index (κ2) is 8.18. The average molecular weight is 390 g/mol. The van der Waals surface area contributed by atoms with E-state index in [9.17, 15) is 9.59 Å². The Bertz CT molecular complexity index is 947. The minimum absolute atomic E-state index is 0.266. The van der Waals surface area contributed by atoms with Crippen molar-refractivity contribution in [3.8, 4) is 0 Å². The molecule has 0 amide bonds. The van der Waals surface area contributed by atoms with Gasteiger partial charge in [-0.2, -0.15) is 0 Å². The van der Waals surface area contributed by atoms with Gasteiger partial charge in [0.15, 0.2) is 11.2 Å². The number of ether oxygens (including phenoxy) is 1. The number of likely N-dealkylation sites (tertiary alicyclic amines) is 1. The molecule has 28 heavy (non-hydrogen) atoms. The number of aryl methyl sites for hydroxylation is 1. The van der Waals surface area contributed by atoms with Gasteiger partial charge in [0.05, 0.1) is 19.8 Å². The summed E-state index contributed by atoms with van der Waals surface area (Å²) in [5.74, 6) is 0.878. The van der Waals surface area contributed by atoms with Gasteiger partial charge >= 0.3 is 5.69 Å². The average Bonchev–Trinajstić information content (AvgIpc) is 3.09. The quantitative estimate of drug-likeness (QED) is 0.701. The summed E-state index contributed by atoms with van der Waals surface area (Å²) >= 11 is 0. The molecule has 0 radical (unpaired) electrons. The van der Waals surface area contributed by atoms with Crippen molar-refractivity contribution in [2.75, 3.05) is 45.9 Å². The summed E-state index contributed by atoms with van der Waals surface area (Å²) in [7, 11) is 3.22. The van der Waals surface area contributed by atoms with Crippen LogP contribution >= 0.6 is 0 Å². The summed E-state index contributed by atoms with van der Waals surface area (Å²) in [6.45, 7) is 7.68. The van der Waals surface area contributed by atoms with Crippen molar-refractivity contribution in [2.45, 2.75) is 32.4 Å². The molecule has 0 unspecified atom stereocenters. The maximum Gasteiger partial charge on any atom is 0.332 e. The lowest BCUT2D eigenvalue weighted by atomic mass is 10.1.